The van der Waals surface area contributed by atoms with Crippen LogP contribution >= 0.6 is 11.3 Å². The number of nitrogens with zero attached hydrogens (tertiary/aromatic N) is 4. The number of thiazole rings is 1. The van der Waals surface area contributed by atoms with Crippen LogP contribution in [-0.2, 0) is 0 Å². The standard InChI is InChI=1S/C21H24N4O2S/c1-3-27-17-6-4-7-18-19(17)23-21(28-18)25-9-5-8-24(10-11-25)20(26)16-12-15(2)13-22-14-16/h4,6-7,12-14H,3,5,8-11H2,1-2H3. The molecule has 2 aromatic heterocycles. The molecule has 3 heterocycles. The molecule has 0 bridgehead atoms. The first kappa shape index (κ1) is 18.7. The van der Waals surface area contributed by atoms with Crippen molar-refractivity contribution < 1.29 is 9.53 Å². The Hall–Kier alpha value is -2.67. The summed E-state index contributed by atoms with van der Waals surface area (Å²) in [6.07, 6.45) is 4.34. The molecule has 3 aromatic rings. The van der Waals surface area contributed by atoms with Crippen LogP contribution in [0.15, 0.2) is 36.7 Å². The van der Waals surface area contributed by atoms with E-state index >= 15 is 0 Å². The van der Waals surface area contributed by atoms with E-state index in [-0.39, 0.29) is 5.91 Å². The van der Waals surface area contributed by atoms with E-state index in [1.54, 1.807) is 23.7 Å². The fourth-order valence-corrected chi connectivity index (χ4v) is 4.52. The van der Waals surface area contributed by atoms with Crippen molar-refractivity contribution in [2.75, 3.05) is 37.7 Å². The third-order valence-electron chi connectivity index (χ3n) is 4.85. The summed E-state index contributed by atoms with van der Waals surface area (Å²) in [4.78, 5) is 26.0. The Labute approximate surface area is 168 Å². The highest BCUT2D eigenvalue weighted by Crippen LogP contribution is 2.34. The van der Waals surface area contributed by atoms with Crippen molar-refractivity contribution in [3.8, 4) is 5.75 Å². The predicted molar refractivity (Wildman–Crippen MR) is 112 cm³/mol. The van der Waals surface area contributed by atoms with Crippen LogP contribution < -0.4 is 9.64 Å². The second-order valence-corrected chi connectivity index (χ2v) is 7.93. The molecule has 28 heavy (non-hydrogen) atoms. The molecule has 1 saturated heterocycles. The molecule has 1 amide bonds. The molecule has 0 atom stereocenters. The van der Waals surface area contributed by atoms with Gasteiger partial charge in [-0.1, -0.05) is 17.4 Å². The lowest BCUT2D eigenvalue weighted by atomic mass is 10.2. The lowest BCUT2D eigenvalue weighted by molar-refractivity contribution is 0.0766. The largest absolute Gasteiger partial charge is 0.492 e. The average molecular weight is 397 g/mol. The number of anilines is 1. The third kappa shape index (κ3) is 3.80. The van der Waals surface area contributed by atoms with Gasteiger partial charge in [0.15, 0.2) is 5.13 Å². The first-order chi connectivity index (χ1) is 13.7. The maximum absolute atomic E-state index is 12.8. The van der Waals surface area contributed by atoms with E-state index < -0.39 is 0 Å². The highest BCUT2D eigenvalue weighted by Gasteiger charge is 2.22. The first-order valence-corrected chi connectivity index (χ1v) is 10.5. The maximum Gasteiger partial charge on any atom is 0.255 e. The van der Waals surface area contributed by atoms with Crippen LogP contribution in [0.3, 0.4) is 0 Å². The summed E-state index contributed by atoms with van der Waals surface area (Å²) in [5.74, 6) is 0.891. The lowest BCUT2D eigenvalue weighted by Crippen LogP contribution is -2.35. The normalized spacial score (nSPS) is 14.9. The number of hydrogen-bond acceptors (Lipinski definition) is 6. The molecule has 146 valence electrons. The molecule has 1 aromatic carbocycles. The van der Waals surface area contributed by atoms with E-state index in [1.807, 2.05) is 36.9 Å². The molecule has 1 fully saturated rings. The minimum atomic E-state index is 0.0565. The number of para-hydroxylation sites is 1. The number of aromatic nitrogens is 2. The van der Waals surface area contributed by atoms with Crippen LogP contribution in [0.25, 0.3) is 10.2 Å². The van der Waals surface area contributed by atoms with Gasteiger partial charge >= 0.3 is 0 Å². The van der Waals surface area contributed by atoms with Crippen molar-refractivity contribution in [2.45, 2.75) is 20.3 Å². The Balaban J connectivity index is 1.50. The number of benzene rings is 1. The van der Waals surface area contributed by atoms with Crippen molar-refractivity contribution in [3.05, 3.63) is 47.8 Å². The Morgan fingerprint density at radius 3 is 2.93 bits per heavy atom. The quantitative estimate of drug-likeness (QED) is 0.672. The topological polar surface area (TPSA) is 58.6 Å². The smallest absolute Gasteiger partial charge is 0.255 e. The summed E-state index contributed by atoms with van der Waals surface area (Å²) < 4.78 is 6.85. The van der Waals surface area contributed by atoms with Gasteiger partial charge in [-0.3, -0.25) is 9.78 Å². The lowest BCUT2D eigenvalue weighted by Gasteiger charge is -2.21. The van der Waals surface area contributed by atoms with Gasteiger partial charge in [0, 0.05) is 38.6 Å². The summed E-state index contributed by atoms with van der Waals surface area (Å²) >= 11 is 1.68. The molecular weight excluding hydrogens is 372 g/mol. The summed E-state index contributed by atoms with van der Waals surface area (Å²) in [5, 5.41) is 0.994. The second kappa shape index (κ2) is 8.14. The van der Waals surface area contributed by atoms with Gasteiger partial charge in [-0.05, 0) is 44.0 Å². The first-order valence-electron chi connectivity index (χ1n) is 9.64. The van der Waals surface area contributed by atoms with Gasteiger partial charge in [-0.25, -0.2) is 4.98 Å². The molecular formula is C21H24N4O2S. The average Bonchev–Trinajstić information content (AvgIpc) is 2.99. The molecule has 0 spiro atoms. The van der Waals surface area contributed by atoms with Crippen molar-refractivity contribution in [3.63, 3.8) is 0 Å². The summed E-state index contributed by atoms with van der Waals surface area (Å²) in [5.41, 5.74) is 2.59. The number of carbonyl (C=O) groups excluding carboxylic acids is 1. The number of amides is 1. The molecule has 0 unspecified atom stereocenters. The minimum absolute atomic E-state index is 0.0565. The van der Waals surface area contributed by atoms with Crippen LogP contribution in [0.4, 0.5) is 5.13 Å². The zero-order valence-corrected chi connectivity index (χ0v) is 17.0. The van der Waals surface area contributed by atoms with Gasteiger partial charge in [0.1, 0.15) is 11.3 Å². The Kier molecular flexibility index (Phi) is 5.43. The SMILES string of the molecule is CCOc1cccc2sc(N3CCCN(C(=O)c4cncc(C)c4)CC3)nc12. The Bertz CT molecular complexity index is 987. The second-order valence-electron chi connectivity index (χ2n) is 6.92. The number of carbonyl (C=O) groups is 1. The molecule has 1 aliphatic rings. The van der Waals surface area contributed by atoms with Crippen molar-refractivity contribution in [1.82, 2.24) is 14.9 Å². The summed E-state index contributed by atoms with van der Waals surface area (Å²) in [7, 11) is 0. The number of pyridine rings is 1. The van der Waals surface area contributed by atoms with Crippen molar-refractivity contribution >= 4 is 32.6 Å². The van der Waals surface area contributed by atoms with Gasteiger partial charge < -0.3 is 14.5 Å². The fourth-order valence-electron chi connectivity index (χ4n) is 3.49. The van der Waals surface area contributed by atoms with Crippen LogP contribution in [0.2, 0.25) is 0 Å². The number of ether oxygens (including phenoxy) is 1. The molecule has 0 N–H and O–H groups in total. The fraction of sp³-hybridized carbons (Fsp3) is 0.381. The summed E-state index contributed by atoms with van der Waals surface area (Å²) in [6, 6.07) is 7.96. The van der Waals surface area contributed by atoms with E-state index in [2.05, 4.69) is 16.0 Å². The van der Waals surface area contributed by atoms with E-state index in [0.717, 1.165) is 52.7 Å². The zero-order chi connectivity index (χ0) is 19.5. The van der Waals surface area contributed by atoms with Gasteiger partial charge in [0.2, 0.25) is 0 Å². The van der Waals surface area contributed by atoms with E-state index in [4.69, 9.17) is 9.72 Å². The minimum Gasteiger partial charge on any atom is -0.492 e. The predicted octanol–water partition coefficient (Wildman–Crippen LogP) is 3.75. The summed E-state index contributed by atoms with van der Waals surface area (Å²) in [6.45, 7) is 7.65. The molecule has 0 saturated carbocycles. The Morgan fingerprint density at radius 2 is 2.11 bits per heavy atom. The molecule has 0 aliphatic carbocycles. The number of aryl methyl sites for hydroxylation is 1. The van der Waals surface area contributed by atoms with Gasteiger partial charge in [-0.2, -0.15) is 0 Å². The van der Waals surface area contributed by atoms with Gasteiger partial charge in [0.05, 0.1) is 16.9 Å². The van der Waals surface area contributed by atoms with Crippen molar-refractivity contribution in [1.29, 1.82) is 0 Å². The molecule has 6 nitrogen and oxygen atoms in total. The monoisotopic (exact) mass is 396 g/mol. The zero-order valence-electron chi connectivity index (χ0n) is 16.2. The maximum atomic E-state index is 12.8. The third-order valence-corrected chi connectivity index (χ3v) is 5.93. The van der Waals surface area contributed by atoms with E-state index in [9.17, 15) is 4.79 Å². The number of hydrogen-bond donors (Lipinski definition) is 0. The van der Waals surface area contributed by atoms with Crippen LogP contribution in [-0.4, -0.2) is 53.6 Å². The number of fused-ring (bicyclic) bond motifs is 1. The van der Waals surface area contributed by atoms with Crippen molar-refractivity contribution in [2.24, 2.45) is 0 Å². The van der Waals surface area contributed by atoms with E-state index in [1.165, 1.54) is 0 Å². The Morgan fingerprint density at radius 1 is 1.21 bits per heavy atom. The molecule has 7 heteroatoms. The molecule has 0 radical (unpaired) electrons. The molecule has 4 rings (SSSR count). The number of rotatable bonds is 4. The molecule has 1 aliphatic heterocycles. The van der Waals surface area contributed by atoms with Crippen LogP contribution in [0.1, 0.15) is 29.3 Å². The van der Waals surface area contributed by atoms with Gasteiger partial charge in [0.25, 0.3) is 5.91 Å². The van der Waals surface area contributed by atoms with E-state index in [0.29, 0.717) is 18.7 Å². The van der Waals surface area contributed by atoms with Gasteiger partial charge in [-0.15, -0.1) is 0 Å². The highest BCUT2D eigenvalue weighted by molar-refractivity contribution is 7.22. The van der Waals surface area contributed by atoms with Crippen LogP contribution in [0, 0.1) is 6.92 Å². The highest BCUT2D eigenvalue weighted by atomic mass is 32.1. The van der Waals surface area contributed by atoms with Crippen LogP contribution in [0.5, 0.6) is 5.75 Å².